The van der Waals surface area contributed by atoms with Crippen LogP contribution in [0.3, 0.4) is 0 Å². The van der Waals surface area contributed by atoms with Crippen molar-refractivity contribution >= 4 is 23.6 Å². The average Bonchev–Trinajstić information content (AvgIpc) is 2.47. The first-order valence-electron chi connectivity index (χ1n) is 7.35. The van der Waals surface area contributed by atoms with Crippen molar-refractivity contribution in [2.75, 3.05) is 11.5 Å². The van der Waals surface area contributed by atoms with E-state index in [0.29, 0.717) is 12.8 Å². The second-order valence-electron chi connectivity index (χ2n) is 6.64. The number of aromatic nitrogens is 1. The summed E-state index contributed by atoms with van der Waals surface area (Å²) in [5.74, 6) is 0.0913. The molecule has 1 amide bonds. The lowest BCUT2D eigenvalue weighted by atomic mass is 9.88. The number of nitrogens with zero attached hydrogens (tertiary/aromatic N) is 1. The molecule has 1 aromatic heterocycles. The molecule has 1 aliphatic heterocycles. The minimum absolute atomic E-state index is 0.0368. The highest BCUT2D eigenvalue weighted by atomic mass is 32.2. The first kappa shape index (κ1) is 16.8. The van der Waals surface area contributed by atoms with Gasteiger partial charge in [0.1, 0.15) is 11.2 Å². The van der Waals surface area contributed by atoms with E-state index in [4.69, 9.17) is 0 Å². The standard InChI is InChI=1S/C16H22N2O3S/c1-15(2,3)11-4-5-12(17-10-11)13(19)18-16(14(20)21)6-8-22-9-7-16/h4-5,10H,6-9H2,1-3H3,(H,18,19)(H,20,21). The molecule has 0 unspecified atom stereocenters. The molecule has 1 saturated heterocycles. The molecule has 1 aliphatic rings. The van der Waals surface area contributed by atoms with Crippen LogP contribution in [0.5, 0.6) is 0 Å². The first-order valence-corrected chi connectivity index (χ1v) is 8.50. The summed E-state index contributed by atoms with van der Waals surface area (Å²) >= 11 is 1.71. The van der Waals surface area contributed by atoms with Crippen LogP contribution < -0.4 is 5.32 Å². The van der Waals surface area contributed by atoms with E-state index in [-0.39, 0.29) is 11.1 Å². The summed E-state index contributed by atoms with van der Waals surface area (Å²) < 4.78 is 0. The zero-order valence-electron chi connectivity index (χ0n) is 13.2. The van der Waals surface area contributed by atoms with Gasteiger partial charge in [0.25, 0.3) is 5.91 Å². The Morgan fingerprint density at radius 2 is 1.91 bits per heavy atom. The highest BCUT2D eigenvalue weighted by Gasteiger charge is 2.41. The summed E-state index contributed by atoms with van der Waals surface area (Å²) in [5.41, 5.74) is 0.0929. The number of aliphatic carboxylic acids is 1. The van der Waals surface area contributed by atoms with E-state index in [1.54, 1.807) is 24.0 Å². The third-order valence-electron chi connectivity index (χ3n) is 3.97. The molecule has 0 atom stereocenters. The van der Waals surface area contributed by atoms with E-state index < -0.39 is 17.4 Å². The van der Waals surface area contributed by atoms with Crippen LogP contribution >= 0.6 is 11.8 Å². The fourth-order valence-corrected chi connectivity index (χ4v) is 3.56. The number of thioether (sulfide) groups is 1. The molecule has 0 saturated carbocycles. The predicted molar refractivity (Wildman–Crippen MR) is 87.3 cm³/mol. The molecular formula is C16H22N2O3S. The van der Waals surface area contributed by atoms with Crippen molar-refractivity contribution in [1.29, 1.82) is 0 Å². The van der Waals surface area contributed by atoms with Gasteiger partial charge in [0.2, 0.25) is 0 Å². The van der Waals surface area contributed by atoms with Gasteiger partial charge in [-0.3, -0.25) is 9.78 Å². The van der Waals surface area contributed by atoms with Gasteiger partial charge in [0, 0.05) is 6.20 Å². The van der Waals surface area contributed by atoms with Crippen LogP contribution in [-0.4, -0.2) is 39.0 Å². The lowest BCUT2D eigenvalue weighted by molar-refractivity contribution is -0.144. The predicted octanol–water partition coefficient (Wildman–Crippen LogP) is 2.46. The van der Waals surface area contributed by atoms with Crippen LogP contribution in [-0.2, 0) is 10.2 Å². The number of carbonyl (C=O) groups excluding carboxylic acids is 1. The van der Waals surface area contributed by atoms with E-state index >= 15 is 0 Å². The van der Waals surface area contributed by atoms with E-state index in [2.05, 4.69) is 31.1 Å². The Labute approximate surface area is 134 Å². The average molecular weight is 322 g/mol. The molecule has 6 heteroatoms. The number of rotatable bonds is 3. The summed E-state index contributed by atoms with van der Waals surface area (Å²) in [6, 6.07) is 3.52. The molecule has 120 valence electrons. The second kappa shape index (κ2) is 6.28. The van der Waals surface area contributed by atoms with Crippen LogP contribution in [0, 0.1) is 0 Å². The molecule has 1 fully saturated rings. The maximum atomic E-state index is 12.3. The molecule has 0 aliphatic carbocycles. The number of nitrogens with one attached hydrogen (secondary N) is 1. The van der Waals surface area contributed by atoms with Gasteiger partial charge in [-0.15, -0.1) is 0 Å². The fourth-order valence-electron chi connectivity index (χ4n) is 2.37. The van der Waals surface area contributed by atoms with E-state index in [1.807, 2.05) is 6.07 Å². The lowest BCUT2D eigenvalue weighted by Crippen LogP contribution is -2.56. The Kier molecular flexibility index (Phi) is 4.80. The summed E-state index contributed by atoms with van der Waals surface area (Å²) in [4.78, 5) is 28.1. The van der Waals surface area contributed by atoms with E-state index in [9.17, 15) is 14.7 Å². The molecule has 2 rings (SSSR count). The van der Waals surface area contributed by atoms with E-state index in [1.165, 1.54) is 0 Å². The number of hydrogen-bond donors (Lipinski definition) is 2. The van der Waals surface area contributed by atoms with Crippen LogP contribution in [0.25, 0.3) is 0 Å². The topological polar surface area (TPSA) is 79.3 Å². The Morgan fingerprint density at radius 1 is 1.27 bits per heavy atom. The zero-order valence-corrected chi connectivity index (χ0v) is 14.0. The van der Waals surface area contributed by atoms with Crippen molar-refractivity contribution in [2.45, 2.75) is 44.6 Å². The Morgan fingerprint density at radius 3 is 2.36 bits per heavy atom. The van der Waals surface area contributed by atoms with Gasteiger partial charge >= 0.3 is 5.97 Å². The van der Waals surface area contributed by atoms with Gasteiger partial charge in [-0.2, -0.15) is 11.8 Å². The minimum Gasteiger partial charge on any atom is -0.480 e. The largest absolute Gasteiger partial charge is 0.480 e. The van der Waals surface area contributed by atoms with Crippen LogP contribution in [0.15, 0.2) is 18.3 Å². The quantitative estimate of drug-likeness (QED) is 0.893. The third-order valence-corrected chi connectivity index (χ3v) is 4.96. The van der Waals surface area contributed by atoms with Crippen molar-refractivity contribution in [3.05, 3.63) is 29.6 Å². The van der Waals surface area contributed by atoms with Gasteiger partial charge in [0.05, 0.1) is 0 Å². The maximum Gasteiger partial charge on any atom is 0.329 e. The summed E-state index contributed by atoms with van der Waals surface area (Å²) in [5, 5.41) is 12.2. The van der Waals surface area contributed by atoms with Crippen molar-refractivity contribution in [1.82, 2.24) is 10.3 Å². The van der Waals surface area contributed by atoms with Gasteiger partial charge in [-0.05, 0) is 41.4 Å². The Balaban J connectivity index is 2.15. The van der Waals surface area contributed by atoms with Crippen molar-refractivity contribution in [2.24, 2.45) is 0 Å². The molecule has 1 aromatic rings. The number of carboxylic acid groups (broad SMARTS) is 1. The van der Waals surface area contributed by atoms with Crippen molar-refractivity contribution < 1.29 is 14.7 Å². The third kappa shape index (κ3) is 3.61. The second-order valence-corrected chi connectivity index (χ2v) is 7.86. The molecule has 2 N–H and O–H groups in total. The van der Waals surface area contributed by atoms with Crippen LogP contribution in [0.1, 0.15) is 49.7 Å². The normalized spacial score (nSPS) is 17.8. The molecule has 0 aromatic carbocycles. The minimum atomic E-state index is -1.16. The number of carboxylic acids is 1. The molecule has 5 nitrogen and oxygen atoms in total. The number of pyridine rings is 1. The molecule has 0 radical (unpaired) electrons. The highest BCUT2D eigenvalue weighted by Crippen LogP contribution is 2.28. The Hall–Kier alpha value is -1.56. The summed E-state index contributed by atoms with van der Waals surface area (Å²) in [6.07, 6.45) is 2.57. The number of carbonyl (C=O) groups is 2. The van der Waals surface area contributed by atoms with Gasteiger partial charge in [-0.1, -0.05) is 26.8 Å². The summed E-state index contributed by atoms with van der Waals surface area (Å²) in [6.45, 7) is 6.22. The van der Waals surface area contributed by atoms with Gasteiger partial charge < -0.3 is 10.4 Å². The van der Waals surface area contributed by atoms with Gasteiger partial charge in [-0.25, -0.2) is 4.79 Å². The molecule has 0 spiro atoms. The monoisotopic (exact) mass is 322 g/mol. The SMILES string of the molecule is CC(C)(C)c1ccc(C(=O)NC2(C(=O)O)CCSCC2)nc1. The molecular weight excluding hydrogens is 300 g/mol. The van der Waals surface area contributed by atoms with Crippen LogP contribution in [0.2, 0.25) is 0 Å². The smallest absolute Gasteiger partial charge is 0.329 e. The Bertz CT molecular complexity index is 558. The maximum absolute atomic E-state index is 12.3. The lowest BCUT2D eigenvalue weighted by Gasteiger charge is -2.33. The van der Waals surface area contributed by atoms with Crippen molar-refractivity contribution in [3.8, 4) is 0 Å². The summed E-state index contributed by atoms with van der Waals surface area (Å²) in [7, 11) is 0. The van der Waals surface area contributed by atoms with Crippen LogP contribution in [0.4, 0.5) is 0 Å². The molecule has 0 bridgehead atoms. The zero-order chi connectivity index (χ0) is 16.4. The fraction of sp³-hybridized carbons (Fsp3) is 0.562. The van der Waals surface area contributed by atoms with Gasteiger partial charge in [0.15, 0.2) is 0 Å². The molecule has 2 heterocycles. The van der Waals surface area contributed by atoms with Crippen molar-refractivity contribution in [3.63, 3.8) is 0 Å². The first-order chi connectivity index (χ1) is 10.2. The number of hydrogen-bond acceptors (Lipinski definition) is 4. The number of amides is 1. The van der Waals surface area contributed by atoms with E-state index in [0.717, 1.165) is 17.1 Å². The molecule has 22 heavy (non-hydrogen) atoms. The highest BCUT2D eigenvalue weighted by molar-refractivity contribution is 7.99.